The molecule has 40 heavy (non-hydrogen) atoms. The number of hydrogen-bond donors (Lipinski definition) is 0. The lowest BCUT2D eigenvalue weighted by Gasteiger charge is -2.33. The van der Waals surface area contributed by atoms with Crippen molar-refractivity contribution in [3.8, 4) is 0 Å². The molecule has 1 atom stereocenters. The number of fused-ring (bicyclic) bond motifs is 1. The molecule has 1 fully saturated rings. The molecule has 2 aromatic carbocycles. The van der Waals surface area contributed by atoms with Crippen LogP contribution in [0.3, 0.4) is 0 Å². The number of amides is 1. The van der Waals surface area contributed by atoms with E-state index in [1.54, 1.807) is 31.2 Å². The molecule has 3 aromatic rings. The van der Waals surface area contributed by atoms with Gasteiger partial charge in [-0.2, -0.15) is 36.4 Å². The monoisotopic (exact) mass is 582 g/mol. The first-order valence-corrected chi connectivity index (χ1v) is 13.3. The van der Waals surface area contributed by atoms with Crippen LogP contribution in [-0.4, -0.2) is 51.6 Å². The molecule has 2 aliphatic rings. The number of amidine groups is 1. The minimum Gasteiger partial charge on any atom is -0.375 e. The summed E-state index contributed by atoms with van der Waals surface area (Å²) in [5, 5.41) is 5.62. The predicted molar refractivity (Wildman–Crippen MR) is 140 cm³/mol. The number of aliphatic imine (C=N–C) groups is 1. The van der Waals surface area contributed by atoms with E-state index >= 15 is 0 Å². The molecule has 13 heteroatoms. The molecule has 212 valence electrons. The summed E-state index contributed by atoms with van der Waals surface area (Å²) in [6.45, 7) is 5.20. The van der Waals surface area contributed by atoms with Crippen LogP contribution in [0.15, 0.2) is 46.3 Å². The van der Waals surface area contributed by atoms with Gasteiger partial charge in [0.2, 0.25) is 0 Å². The van der Waals surface area contributed by atoms with E-state index in [9.17, 15) is 31.1 Å². The average Bonchev–Trinajstić information content (AvgIpc) is 3.41. The fourth-order valence-corrected chi connectivity index (χ4v) is 5.66. The summed E-state index contributed by atoms with van der Waals surface area (Å²) in [5.41, 5.74) is -1.34. The Bertz CT molecular complexity index is 1530. The van der Waals surface area contributed by atoms with Gasteiger partial charge in [-0.15, -0.1) is 0 Å². The molecule has 1 amide bonds. The second-order valence-electron chi connectivity index (χ2n) is 9.54. The summed E-state index contributed by atoms with van der Waals surface area (Å²) >= 11 is 1.28. The Kier molecular flexibility index (Phi) is 7.47. The molecular formula is C27H24F6N4O2S. The molecule has 0 spiro atoms. The van der Waals surface area contributed by atoms with Crippen molar-refractivity contribution in [3.05, 3.63) is 69.3 Å². The molecule has 1 aromatic heterocycles. The molecule has 6 nitrogen and oxygen atoms in total. The molecule has 2 aliphatic heterocycles. The van der Waals surface area contributed by atoms with Gasteiger partial charge in [-0.25, -0.2) is 0 Å². The Morgan fingerprint density at radius 3 is 2.58 bits per heavy atom. The molecule has 5 rings (SSSR count). The van der Waals surface area contributed by atoms with Crippen LogP contribution in [0.2, 0.25) is 0 Å². The molecular weight excluding hydrogens is 558 g/mol. The van der Waals surface area contributed by atoms with E-state index in [1.807, 2.05) is 11.8 Å². The standard InChI is InChI=1S/C27H24F6N4O2S/c1-3-19-14-36(8-9-39-19)25-34-24(38)23(40-25)11-16-4-7-22-20(10-16)15(2)35-37(22)13-17-5-6-18(26(28,29)30)12-21(17)27(31,32)33/h4-7,10-12,19H,3,8-9,13-14H2,1-2H3/b23-11-. The highest BCUT2D eigenvalue weighted by molar-refractivity contribution is 8.18. The molecule has 0 N–H and O–H groups in total. The fourth-order valence-electron chi connectivity index (χ4n) is 4.71. The maximum Gasteiger partial charge on any atom is 0.416 e. The van der Waals surface area contributed by atoms with Crippen molar-refractivity contribution >= 4 is 39.8 Å². The lowest BCUT2D eigenvalue weighted by atomic mass is 10.0. The molecule has 0 saturated carbocycles. The summed E-state index contributed by atoms with van der Waals surface area (Å²) in [7, 11) is 0. The molecule has 1 unspecified atom stereocenters. The Morgan fingerprint density at radius 2 is 1.88 bits per heavy atom. The number of morpholine rings is 1. The van der Waals surface area contributed by atoms with Crippen LogP contribution >= 0.6 is 11.8 Å². The SMILES string of the molecule is CCC1CN(C2=NC(=O)/C(=C/c3ccc4c(c3)c(C)nn4Cc3ccc(C(F)(F)F)cc3C(F)(F)F)S2)CCO1. The van der Waals surface area contributed by atoms with Crippen molar-refractivity contribution in [3.63, 3.8) is 0 Å². The number of aryl methyl sites for hydroxylation is 1. The number of carbonyl (C=O) groups excluding carboxylic acids is 1. The van der Waals surface area contributed by atoms with Gasteiger partial charge in [0.05, 0.1) is 46.5 Å². The van der Waals surface area contributed by atoms with Crippen LogP contribution in [0, 0.1) is 6.92 Å². The van der Waals surface area contributed by atoms with Crippen LogP contribution in [0.25, 0.3) is 17.0 Å². The van der Waals surface area contributed by atoms with Crippen LogP contribution in [0.1, 0.15) is 41.3 Å². The number of benzene rings is 2. The van der Waals surface area contributed by atoms with Gasteiger partial charge >= 0.3 is 12.4 Å². The smallest absolute Gasteiger partial charge is 0.375 e. The number of nitrogens with zero attached hydrogens (tertiary/aromatic N) is 4. The topological polar surface area (TPSA) is 59.7 Å². The summed E-state index contributed by atoms with van der Waals surface area (Å²) < 4.78 is 87.1. The number of halogens is 6. The lowest BCUT2D eigenvalue weighted by Crippen LogP contribution is -2.44. The van der Waals surface area contributed by atoms with Crippen LogP contribution in [0.4, 0.5) is 26.3 Å². The van der Waals surface area contributed by atoms with E-state index in [-0.39, 0.29) is 30.2 Å². The number of alkyl halides is 6. The summed E-state index contributed by atoms with van der Waals surface area (Å²) in [6, 6.07) is 6.75. The first-order valence-electron chi connectivity index (χ1n) is 12.5. The van der Waals surface area contributed by atoms with Crippen LogP contribution in [0.5, 0.6) is 0 Å². The highest BCUT2D eigenvalue weighted by Crippen LogP contribution is 2.38. The largest absolute Gasteiger partial charge is 0.416 e. The number of aromatic nitrogens is 2. The van der Waals surface area contributed by atoms with Gasteiger partial charge in [0, 0.05) is 18.5 Å². The lowest BCUT2D eigenvalue weighted by molar-refractivity contribution is -0.143. The zero-order valence-corrected chi connectivity index (χ0v) is 22.3. The molecule has 1 saturated heterocycles. The van der Waals surface area contributed by atoms with E-state index in [0.717, 1.165) is 12.5 Å². The first kappa shape index (κ1) is 28.2. The minimum absolute atomic E-state index is 0.0805. The zero-order valence-electron chi connectivity index (χ0n) is 21.4. The van der Waals surface area contributed by atoms with E-state index in [0.29, 0.717) is 58.0 Å². The molecule has 0 bridgehead atoms. The second-order valence-corrected chi connectivity index (χ2v) is 10.6. The Morgan fingerprint density at radius 1 is 1.10 bits per heavy atom. The van der Waals surface area contributed by atoms with Crippen molar-refractivity contribution in [2.24, 2.45) is 4.99 Å². The van der Waals surface area contributed by atoms with E-state index in [2.05, 4.69) is 10.1 Å². The van der Waals surface area contributed by atoms with E-state index in [1.165, 1.54) is 16.4 Å². The third kappa shape index (κ3) is 5.75. The fraction of sp³-hybridized carbons (Fsp3) is 0.370. The Balaban J connectivity index is 1.40. The van der Waals surface area contributed by atoms with Gasteiger partial charge in [-0.05, 0) is 66.6 Å². The van der Waals surface area contributed by atoms with Gasteiger partial charge in [-0.3, -0.25) is 9.48 Å². The van der Waals surface area contributed by atoms with Gasteiger partial charge in [0.25, 0.3) is 5.91 Å². The van der Waals surface area contributed by atoms with E-state index in [4.69, 9.17) is 4.74 Å². The van der Waals surface area contributed by atoms with Crippen LogP contribution in [-0.2, 0) is 28.4 Å². The van der Waals surface area contributed by atoms with Crippen molar-refractivity contribution < 1.29 is 35.9 Å². The van der Waals surface area contributed by atoms with Gasteiger partial charge < -0.3 is 9.64 Å². The Hall–Kier alpha value is -3.32. The first-order chi connectivity index (χ1) is 18.8. The van der Waals surface area contributed by atoms with Gasteiger partial charge in [0.1, 0.15) is 0 Å². The Labute approximate surface area is 229 Å². The number of thioether (sulfide) groups is 1. The maximum atomic E-state index is 13.6. The third-order valence-corrected chi connectivity index (χ3v) is 7.84. The highest BCUT2D eigenvalue weighted by Gasteiger charge is 2.38. The van der Waals surface area contributed by atoms with Crippen LogP contribution < -0.4 is 0 Å². The molecule has 0 aliphatic carbocycles. The summed E-state index contributed by atoms with van der Waals surface area (Å²) in [4.78, 5) is 19.3. The van der Waals surface area contributed by atoms with Crippen molar-refractivity contribution in [1.29, 1.82) is 0 Å². The van der Waals surface area contributed by atoms with Gasteiger partial charge in [0.15, 0.2) is 5.17 Å². The molecule has 0 radical (unpaired) electrons. The summed E-state index contributed by atoms with van der Waals surface area (Å²) in [6.07, 6.45) is -7.23. The minimum atomic E-state index is -4.97. The second kappa shape index (κ2) is 10.6. The predicted octanol–water partition coefficient (Wildman–Crippen LogP) is 6.51. The highest BCUT2D eigenvalue weighted by atomic mass is 32.2. The normalized spacial score (nSPS) is 19.6. The van der Waals surface area contributed by atoms with Crippen molar-refractivity contribution in [2.45, 2.75) is 45.3 Å². The average molecular weight is 583 g/mol. The van der Waals surface area contributed by atoms with Crippen molar-refractivity contribution in [2.75, 3.05) is 19.7 Å². The van der Waals surface area contributed by atoms with E-state index < -0.39 is 23.5 Å². The number of ether oxygens (including phenoxy) is 1. The number of hydrogen-bond acceptors (Lipinski definition) is 5. The zero-order chi connectivity index (χ0) is 28.8. The number of carbonyl (C=O) groups is 1. The van der Waals surface area contributed by atoms with Crippen molar-refractivity contribution in [1.82, 2.24) is 14.7 Å². The number of rotatable bonds is 4. The van der Waals surface area contributed by atoms with Gasteiger partial charge in [-0.1, -0.05) is 19.1 Å². The molecule has 3 heterocycles. The third-order valence-electron chi connectivity index (χ3n) is 6.79. The quantitative estimate of drug-likeness (QED) is 0.259. The maximum absolute atomic E-state index is 13.6. The summed E-state index contributed by atoms with van der Waals surface area (Å²) in [5.74, 6) is -0.353.